The molecular weight excluding hydrogens is 408 g/mol. The molecule has 29 heavy (non-hydrogen) atoms. The Morgan fingerprint density at radius 2 is 1.62 bits per heavy atom. The summed E-state index contributed by atoms with van der Waals surface area (Å²) in [5, 5.41) is 2.85. The summed E-state index contributed by atoms with van der Waals surface area (Å²) in [6, 6.07) is 16.8. The number of sulfonamides is 1. The number of anilines is 2. The van der Waals surface area contributed by atoms with Crippen molar-refractivity contribution in [2.45, 2.75) is 25.7 Å². The van der Waals surface area contributed by atoms with Crippen molar-refractivity contribution in [1.29, 1.82) is 0 Å². The maximum atomic E-state index is 12.8. The minimum absolute atomic E-state index is 0.0354. The largest absolute Gasteiger partial charge is 0.322 e. The van der Waals surface area contributed by atoms with E-state index in [-0.39, 0.29) is 15.5 Å². The zero-order valence-electron chi connectivity index (χ0n) is 16.3. The van der Waals surface area contributed by atoms with Gasteiger partial charge < -0.3 is 5.32 Å². The van der Waals surface area contributed by atoms with Gasteiger partial charge in [0.1, 0.15) is 4.90 Å². The molecule has 150 valence electrons. The molecular formula is C22H21ClN2O3S. The third-order valence-corrected chi connectivity index (χ3v) is 6.25. The maximum absolute atomic E-state index is 12.8. The van der Waals surface area contributed by atoms with E-state index in [2.05, 4.69) is 10.0 Å². The molecule has 0 unspecified atom stereocenters. The molecule has 0 spiro atoms. The molecule has 0 radical (unpaired) electrons. The van der Waals surface area contributed by atoms with E-state index < -0.39 is 15.9 Å². The molecule has 0 bridgehead atoms. The summed E-state index contributed by atoms with van der Waals surface area (Å²) in [4.78, 5) is 12.5. The Morgan fingerprint density at radius 3 is 2.31 bits per heavy atom. The van der Waals surface area contributed by atoms with E-state index in [0.29, 0.717) is 11.4 Å². The lowest BCUT2D eigenvalue weighted by molar-refractivity contribution is 0.102. The average Bonchev–Trinajstić information content (AvgIpc) is 2.63. The molecule has 0 aliphatic carbocycles. The fourth-order valence-electron chi connectivity index (χ4n) is 2.92. The van der Waals surface area contributed by atoms with Gasteiger partial charge in [0.25, 0.3) is 15.9 Å². The second-order valence-electron chi connectivity index (χ2n) is 6.89. The molecule has 0 saturated heterocycles. The highest BCUT2D eigenvalue weighted by atomic mass is 35.5. The lowest BCUT2D eigenvalue weighted by atomic mass is 10.1. The summed E-state index contributed by atoms with van der Waals surface area (Å²) in [6.07, 6.45) is 0. The highest BCUT2D eigenvalue weighted by Crippen LogP contribution is 2.26. The second-order valence-corrected chi connectivity index (χ2v) is 8.95. The fraction of sp³-hybridized carbons (Fsp3) is 0.136. The summed E-state index contributed by atoms with van der Waals surface area (Å²) in [6.45, 7) is 5.73. The number of nitrogens with one attached hydrogen (secondary N) is 2. The van der Waals surface area contributed by atoms with Crippen molar-refractivity contribution in [3.8, 4) is 0 Å². The smallest absolute Gasteiger partial charge is 0.263 e. The molecule has 0 fully saturated rings. The van der Waals surface area contributed by atoms with Crippen molar-refractivity contribution in [3.63, 3.8) is 0 Å². The number of halogens is 1. The van der Waals surface area contributed by atoms with Crippen LogP contribution in [0.4, 0.5) is 11.4 Å². The van der Waals surface area contributed by atoms with Crippen molar-refractivity contribution in [1.82, 2.24) is 0 Å². The van der Waals surface area contributed by atoms with E-state index in [4.69, 9.17) is 11.6 Å². The van der Waals surface area contributed by atoms with Crippen LogP contribution in [0.25, 0.3) is 0 Å². The van der Waals surface area contributed by atoms with Crippen LogP contribution in [0.3, 0.4) is 0 Å². The summed E-state index contributed by atoms with van der Waals surface area (Å²) in [5.41, 5.74) is 4.20. The summed E-state index contributed by atoms with van der Waals surface area (Å²) in [7, 11) is -3.97. The molecule has 3 aromatic rings. The minimum Gasteiger partial charge on any atom is -0.322 e. The summed E-state index contributed by atoms with van der Waals surface area (Å²) < 4.78 is 28.2. The third kappa shape index (κ3) is 4.96. The first-order valence-electron chi connectivity index (χ1n) is 8.93. The fourth-order valence-corrected chi connectivity index (χ4v) is 4.49. The monoisotopic (exact) mass is 428 g/mol. The van der Waals surface area contributed by atoms with E-state index in [1.165, 1.54) is 18.2 Å². The lowest BCUT2D eigenvalue weighted by Gasteiger charge is -2.13. The lowest BCUT2D eigenvalue weighted by Crippen LogP contribution is -2.17. The van der Waals surface area contributed by atoms with Crippen molar-refractivity contribution in [3.05, 3.63) is 87.9 Å². The van der Waals surface area contributed by atoms with Gasteiger partial charge in [-0.3, -0.25) is 9.52 Å². The van der Waals surface area contributed by atoms with Gasteiger partial charge >= 0.3 is 0 Å². The van der Waals surface area contributed by atoms with Gasteiger partial charge in [-0.15, -0.1) is 0 Å². The van der Waals surface area contributed by atoms with Crippen molar-refractivity contribution in [2.75, 3.05) is 10.0 Å². The second kappa shape index (κ2) is 8.27. The molecule has 7 heteroatoms. The topological polar surface area (TPSA) is 75.3 Å². The first-order chi connectivity index (χ1) is 13.7. The Hall–Kier alpha value is -2.83. The van der Waals surface area contributed by atoms with E-state index in [0.717, 1.165) is 16.7 Å². The zero-order valence-corrected chi connectivity index (χ0v) is 17.9. The predicted molar refractivity (Wildman–Crippen MR) is 117 cm³/mol. The zero-order chi connectivity index (χ0) is 21.2. The van der Waals surface area contributed by atoms with E-state index in [9.17, 15) is 13.2 Å². The Labute approximate surface area is 175 Å². The number of benzene rings is 3. The van der Waals surface area contributed by atoms with Crippen molar-refractivity contribution in [2.24, 2.45) is 0 Å². The van der Waals surface area contributed by atoms with Crippen LogP contribution in [0.15, 0.2) is 65.6 Å². The first kappa shape index (κ1) is 20.9. The van der Waals surface area contributed by atoms with Gasteiger partial charge in [-0.05, 0) is 68.3 Å². The Bertz CT molecular complexity index is 1190. The number of carbonyl (C=O) groups excluding carboxylic acids is 1. The molecule has 5 nitrogen and oxygen atoms in total. The first-order valence-corrected chi connectivity index (χ1v) is 10.8. The van der Waals surface area contributed by atoms with E-state index >= 15 is 0 Å². The molecule has 0 aromatic heterocycles. The highest BCUT2D eigenvalue weighted by Gasteiger charge is 2.21. The third-order valence-electron chi connectivity index (χ3n) is 4.38. The highest BCUT2D eigenvalue weighted by molar-refractivity contribution is 7.92. The molecule has 0 aliphatic rings. The van der Waals surface area contributed by atoms with E-state index in [1.807, 2.05) is 45.0 Å². The quantitative estimate of drug-likeness (QED) is 0.577. The molecule has 0 heterocycles. The molecule has 2 N–H and O–H groups in total. The van der Waals surface area contributed by atoms with Gasteiger partial charge in [-0.2, -0.15) is 0 Å². The van der Waals surface area contributed by atoms with E-state index in [1.54, 1.807) is 18.2 Å². The number of amides is 1. The van der Waals surface area contributed by atoms with Gasteiger partial charge in [0.2, 0.25) is 0 Å². The Kier molecular flexibility index (Phi) is 5.96. The minimum atomic E-state index is -3.97. The number of aryl methyl sites for hydroxylation is 3. The average molecular weight is 429 g/mol. The van der Waals surface area contributed by atoms with Gasteiger partial charge in [-0.25, -0.2) is 8.42 Å². The molecule has 0 atom stereocenters. The molecule has 3 rings (SSSR count). The van der Waals surface area contributed by atoms with Gasteiger partial charge in [0, 0.05) is 16.9 Å². The van der Waals surface area contributed by atoms with Crippen LogP contribution in [0.2, 0.25) is 5.02 Å². The SMILES string of the molecule is Cc1cccc(NS(=O)(=O)c2cc(C(=O)Nc3ccc(C)cc3C)ccc2Cl)c1. The standard InChI is InChI=1S/C22H21ClN2O3S/c1-14-5-4-6-18(12-14)25-29(27,28)21-13-17(8-9-19(21)23)22(26)24-20-10-7-15(2)11-16(20)3/h4-13,25H,1-3H3,(H,24,26). The summed E-state index contributed by atoms with van der Waals surface area (Å²) in [5.74, 6) is -0.416. The van der Waals surface area contributed by atoms with Crippen LogP contribution in [-0.2, 0) is 10.0 Å². The maximum Gasteiger partial charge on any atom is 0.263 e. The molecule has 0 saturated carbocycles. The normalized spacial score (nSPS) is 11.2. The Balaban J connectivity index is 1.89. The Morgan fingerprint density at radius 1 is 0.897 bits per heavy atom. The summed E-state index contributed by atoms with van der Waals surface area (Å²) >= 11 is 6.13. The van der Waals surface area contributed by atoms with Crippen LogP contribution in [0.1, 0.15) is 27.0 Å². The van der Waals surface area contributed by atoms with Crippen LogP contribution in [-0.4, -0.2) is 14.3 Å². The molecule has 1 amide bonds. The molecule has 0 aliphatic heterocycles. The van der Waals surface area contributed by atoms with Crippen LogP contribution in [0, 0.1) is 20.8 Å². The van der Waals surface area contributed by atoms with Gasteiger partial charge in [0.15, 0.2) is 0 Å². The number of hydrogen-bond acceptors (Lipinski definition) is 3. The number of hydrogen-bond donors (Lipinski definition) is 2. The van der Waals surface area contributed by atoms with Crippen LogP contribution >= 0.6 is 11.6 Å². The van der Waals surface area contributed by atoms with Crippen molar-refractivity contribution >= 4 is 38.9 Å². The van der Waals surface area contributed by atoms with Gasteiger partial charge in [-0.1, -0.05) is 41.4 Å². The predicted octanol–water partition coefficient (Wildman–Crippen LogP) is 5.32. The number of rotatable bonds is 5. The van der Waals surface area contributed by atoms with Crippen molar-refractivity contribution < 1.29 is 13.2 Å². The van der Waals surface area contributed by atoms with Crippen LogP contribution < -0.4 is 10.0 Å². The molecule has 3 aromatic carbocycles. The van der Waals surface area contributed by atoms with Crippen LogP contribution in [0.5, 0.6) is 0 Å². The number of carbonyl (C=O) groups is 1. The van der Waals surface area contributed by atoms with Gasteiger partial charge in [0.05, 0.1) is 5.02 Å².